The molecule has 0 atom stereocenters. The van der Waals surface area contributed by atoms with Gasteiger partial charge in [0.1, 0.15) is 0 Å². The normalized spacial score (nSPS) is 31.6. The lowest BCUT2D eigenvalue weighted by Gasteiger charge is -2.39. The highest BCUT2D eigenvalue weighted by molar-refractivity contribution is 4.89. The molecule has 0 saturated heterocycles. The maximum Gasteiger partial charge on any atom is 0.0601 e. The van der Waals surface area contributed by atoms with Crippen LogP contribution in [0.25, 0.3) is 0 Å². The molecule has 1 N–H and O–H groups in total. The van der Waals surface area contributed by atoms with Gasteiger partial charge in [0.15, 0.2) is 0 Å². The summed E-state index contributed by atoms with van der Waals surface area (Å²) in [5, 5.41) is 3.54. The molecule has 1 saturated carbocycles. The van der Waals surface area contributed by atoms with Crippen LogP contribution in [0.1, 0.15) is 33.6 Å². The van der Waals surface area contributed by atoms with E-state index < -0.39 is 0 Å². The molecule has 11 heavy (non-hydrogen) atoms. The molecular formula is C9H19NO. The first-order chi connectivity index (χ1) is 5.01. The van der Waals surface area contributed by atoms with E-state index in [2.05, 4.69) is 26.1 Å². The third-order valence-corrected chi connectivity index (χ3v) is 2.07. The maximum absolute atomic E-state index is 5.19. The van der Waals surface area contributed by atoms with E-state index in [4.69, 9.17) is 4.74 Å². The quantitative estimate of drug-likeness (QED) is 0.656. The van der Waals surface area contributed by atoms with Crippen LogP contribution >= 0.6 is 0 Å². The van der Waals surface area contributed by atoms with Gasteiger partial charge in [0, 0.05) is 18.7 Å². The van der Waals surface area contributed by atoms with Gasteiger partial charge < -0.3 is 10.1 Å². The van der Waals surface area contributed by atoms with E-state index in [0.717, 1.165) is 0 Å². The first-order valence-corrected chi connectivity index (χ1v) is 4.32. The zero-order chi connectivity index (χ0) is 8.48. The van der Waals surface area contributed by atoms with Crippen LogP contribution in [0.15, 0.2) is 0 Å². The lowest BCUT2D eigenvalue weighted by molar-refractivity contribution is 0.0108. The lowest BCUT2D eigenvalue weighted by atomic mass is 9.87. The lowest BCUT2D eigenvalue weighted by Crippen LogP contribution is -2.52. The summed E-state index contributed by atoms with van der Waals surface area (Å²) in [7, 11) is 1.79. The molecule has 2 heteroatoms. The molecule has 0 heterocycles. The molecule has 0 aliphatic heterocycles. The van der Waals surface area contributed by atoms with Gasteiger partial charge in [0.2, 0.25) is 0 Å². The van der Waals surface area contributed by atoms with Crippen molar-refractivity contribution in [2.24, 2.45) is 0 Å². The van der Waals surface area contributed by atoms with Gasteiger partial charge in [0.25, 0.3) is 0 Å². The Labute approximate surface area is 69.3 Å². The highest BCUT2D eigenvalue weighted by Gasteiger charge is 2.31. The number of nitrogens with one attached hydrogen (secondary N) is 1. The second-order valence-electron chi connectivity index (χ2n) is 4.42. The Morgan fingerprint density at radius 1 is 1.27 bits per heavy atom. The summed E-state index contributed by atoms with van der Waals surface area (Å²) in [6.45, 7) is 6.60. The molecule has 1 rings (SSSR count). The summed E-state index contributed by atoms with van der Waals surface area (Å²) in [4.78, 5) is 0. The first-order valence-electron chi connectivity index (χ1n) is 4.32. The fraction of sp³-hybridized carbons (Fsp3) is 1.00. The van der Waals surface area contributed by atoms with Gasteiger partial charge in [-0.2, -0.15) is 0 Å². The second-order valence-corrected chi connectivity index (χ2v) is 4.42. The second kappa shape index (κ2) is 3.11. The molecule has 0 spiro atoms. The molecule has 0 amide bonds. The summed E-state index contributed by atoms with van der Waals surface area (Å²) in [5.41, 5.74) is 0.253. The van der Waals surface area contributed by atoms with Crippen molar-refractivity contribution in [1.29, 1.82) is 0 Å². The van der Waals surface area contributed by atoms with Crippen LogP contribution in [0.2, 0.25) is 0 Å². The van der Waals surface area contributed by atoms with Crippen LogP contribution in [0, 0.1) is 0 Å². The standard InChI is InChI=1S/C9H19NO/c1-9(2,3)10-7-5-8(6-7)11-4/h7-8,10H,5-6H2,1-4H3/t7-,8+. The van der Waals surface area contributed by atoms with E-state index in [1.54, 1.807) is 7.11 Å². The van der Waals surface area contributed by atoms with E-state index in [0.29, 0.717) is 12.1 Å². The van der Waals surface area contributed by atoms with Crippen LogP contribution in [-0.2, 0) is 4.74 Å². The molecule has 0 unspecified atom stereocenters. The Morgan fingerprint density at radius 2 is 1.82 bits per heavy atom. The Kier molecular flexibility index (Phi) is 2.55. The van der Waals surface area contributed by atoms with Crippen molar-refractivity contribution < 1.29 is 4.74 Å². The Bertz CT molecular complexity index is 122. The van der Waals surface area contributed by atoms with Crippen molar-refractivity contribution in [1.82, 2.24) is 5.32 Å². The predicted molar refractivity (Wildman–Crippen MR) is 46.7 cm³/mol. The van der Waals surface area contributed by atoms with Crippen molar-refractivity contribution in [3.8, 4) is 0 Å². The SMILES string of the molecule is CO[C@H]1C[C@@H](NC(C)(C)C)C1. The molecule has 0 aromatic carbocycles. The Morgan fingerprint density at radius 3 is 2.18 bits per heavy atom. The van der Waals surface area contributed by atoms with E-state index in [-0.39, 0.29) is 5.54 Å². The number of methoxy groups -OCH3 is 1. The molecule has 0 bridgehead atoms. The zero-order valence-corrected chi connectivity index (χ0v) is 7.98. The third-order valence-electron chi connectivity index (χ3n) is 2.07. The summed E-state index contributed by atoms with van der Waals surface area (Å²) in [6, 6.07) is 0.681. The minimum absolute atomic E-state index is 0.253. The van der Waals surface area contributed by atoms with Crippen LogP contribution < -0.4 is 5.32 Å². The molecule has 0 aromatic rings. The zero-order valence-electron chi connectivity index (χ0n) is 7.98. The van der Waals surface area contributed by atoms with Crippen molar-refractivity contribution in [3.05, 3.63) is 0 Å². The van der Waals surface area contributed by atoms with Gasteiger partial charge in [-0.15, -0.1) is 0 Å². The van der Waals surface area contributed by atoms with Crippen molar-refractivity contribution in [2.75, 3.05) is 7.11 Å². The summed E-state index contributed by atoms with van der Waals surface area (Å²) in [5.74, 6) is 0. The largest absolute Gasteiger partial charge is 0.381 e. The maximum atomic E-state index is 5.19. The van der Waals surface area contributed by atoms with Gasteiger partial charge in [-0.1, -0.05) is 0 Å². The first kappa shape index (κ1) is 9.01. The number of ether oxygens (including phenoxy) is 1. The van der Waals surface area contributed by atoms with Crippen LogP contribution in [0.4, 0.5) is 0 Å². The summed E-state index contributed by atoms with van der Waals surface area (Å²) in [6.07, 6.45) is 2.86. The average Bonchev–Trinajstić information content (AvgIpc) is 1.75. The van der Waals surface area contributed by atoms with Gasteiger partial charge in [-0.25, -0.2) is 0 Å². The smallest absolute Gasteiger partial charge is 0.0601 e. The summed E-state index contributed by atoms with van der Waals surface area (Å²) >= 11 is 0. The van der Waals surface area contributed by atoms with Crippen molar-refractivity contribution >= 4 is 0 Å². The van der Waals surface area contributed by atoms with Crippen LogP contribution in [-0.4, -0.2) is 24.8 Å². The molecule has 2 nitrogen and oxygen atoms in total. The van der Waals surface area contributed by atoms with Crippen LogP contribution in [0.3, 0.4) is 0 Å². The van der Waals surface area contributed by atoms with E-state index in [1.165, 1.54) is 12.8 Å². The van der Waals surface area contributed by atoms with E-state index in [1.807, 2.05) is 0 Å². The predicted octanol–water partition coefficient (Wildman–Crippen LogP) is 1.55. The van der Waals surface area contributed by atoms with Gasteiger partial charge in [0.05, 0.1) is 6.10 Å². The highest BCUT2D eigenvalue weighted by Crippen LogP contribution is 2.24. The third kappa shape index (κ3) is 2.80. The van der Waals surface area contributed by atoms with E-state index >= 15 is 0 Å². The van der Waals surface area contributed by atoms with Crippen LogP contribution in [0.5, 0.6) is 0 Å². The molecule has 1 fully saturated rings. The van der Waals surface area contributed by atoms with E-state index in [9.17, 15) is 0 Å². The molecule has 0 aromatic heterocycles. The fourth-order valence-corrected chi connectivity index (χ4v) is 1.49. The fourth-order valence-electron chi connectivity index (χ4n) is 1.49. The van der Waals surface area contributed by atoms with Gasteiger partial charge in [-0.3, -0.25) is 0 Å². The monoisotopic (exact) mass is 157 g/mol. The number of rotatable bonds is 2. The van der Waals surface area contributed by atoms with Gasteiger partial charge >= 0.3 is 0 Å². The molecular weight excluding hydrogens is 138 g/mol. The average molecular weight is 157 g/mol. The topological polar surface area (TPSA) is 21.3 Å². The number of hydrogen-bond donors (Lipinski definition) is 1. The van der Waals surface area contributed by atoms with Crippen molar-refractivity contribution in [2.45, 2.75) is 51.3 Å². The molecule has 0 radical (unpaired) electrons. The summed E-state index contributed by atoms with van der Waals surface area (Å²) < 4.78 is 5.19. The van der Waals surface area contributed by atoms with Gasteiger partial charge in [-0.05, 0) is 33.6 Å². The Balaban J connectivity index is 2.14. The molecule has 1 aliphatic rings. The highest BCUT2D eigenvalue weighted by atomic mass is 16.5. The number of hydrogen-bond acceptors (Lipinski definition) is 2. The molecule has 1 aliphatic carbocycles. The minimum atomic E-state index is 0.253. The van der Waals surface area contributed by atoms with Crippen molar-refractivity contribution in [3.63, 3.8) is 0 Å². The Hall–Kier alpha value is -0.0800. The molecule has 66 valence electrons. The minimum Gasteiger partial charge on any atom is -0.381 e.